The predicted octanol–water partition coefficient (Wildman–Crippen LogP) is 2.08. The van der Waals surface area contributed by atoms with Crippen molar-refractivity contribution >= 4 is 27.7 Å². The average Bonchev–Trinajstić information content (AvgIpc) is 2.74. The highest BCUT2D eigenvalue weighted by Gasteiger charge is 2.28. The first-order valence-electron chi connectivity index (χ1n) is 7.46. The lowest BCUT2D eigenvalue weighted by molar-refractivity contribution is 0.1000. The molecule has 1 aliphatic rings. The second-order valence-electron chi connectivity index (χ2n) is 5.32. The number of hydrogen-bond donors (Lipinski definition) is 1. The molecule has 1 heterocycles. The number of thioether (sulfide) groups is 1. The summed E-state index contributed by atoms with van der Waals surface area (Å²) in [6.07, 6.45) is 3.01. The van der Waals surface area contributed by atoms with Crippen molar-refractivity contribution in [2.45, 2.75) is 36.3 Å². The zero-order valence-corrected chi connectivity index (χ0v) is 14.3. The van der Waals surface area contributed by atoms with Crippen LogP contribution in [0.5, 0.6) is 0 Å². The smallest absolute Gasteiger partial charge is 0.248 e. The first-order valence-corrected chi connectivity index (χ1v) is 9.95. The number of nitrogens with zero attached hydrogens (tertiary/aromatic N) is 1. The third kappa shape index (κ3) is 4.02. The number of carbonyl (C=O) groups excluding carboxylic acids is 1. The molecule has 1 aliphatic heterocycles. The summed E-state index contributed by atoms with van der Waals surface area (Å²) in [7, 11) is -3.51. The van der Waals surface area contributed by atoms with Crippen molar-refractivity contribution in [3.8, 4) is 0 Å². The Kier molecular flexibility index (Phi) is 5.88. The molecule has 1 amide bonds. The molecule has 0 saturated carbocycles. The van der Waals surface area contributed by atoms with E-state index < -0.39 is 15.9 Å². The van der Waals surface area contributed by atoms with Gasteiger partial charge in [-0.15, -0.1) is 0 Å². The number of nitrogens with two attached hydrogens (primary N) is 1. The molecule has 0 aliphatic carbocycles. The highest BCUT2D eigenvalue weighted by molar-refractivity contribution is 7.99. The minimum absolute atomic E-state index is 0.222. The molecule has 0 unspecified atom stereocenters. The molecule has 0 aromatic heterocycles. The van der Waals surface area contributed by atoms with E-state index in [0.717, 1.165) is 25.0 Å². The van der Waals surface area contributed by atoms with Gasteiger partial charge in [0.1, 0.15) is 0 Å². The molecule has 5 nitrogen and oxygen atoms in total. The molecule has 7 heteroatoms. The van der Waals surface area contributed by atoms with Crippen molar-refractivity contribution in [3.63, 3.8) is 0 Å². The summed E-state index contributed by atoms with van der Waals surface area (Å²) in [6.45, 7) is 3.20. The fourth-order valence-corrected chi connectivity index (χ4v) is 5.31. The van der Waals surface area contributed by atoms with Crippen molar-refractivity contribution in [3.05, 3.63) is 29.8 Å². The van der Waals surface area contributed by atoms with Gasteiger partial charge in [0, 0.05) is 23.9 Å². The summed E-state index contributed by atoms with van der Waals surface area (Å²) < 4.78 is 27.1. The van der Waals surface area contributed by atoms with Crippen molar-refractivity contribution in [2.24, 2.45) is 5.73 Å². The number of benzene rings is 1. The Morgan fingerprint density at radius 1 is 1.32 bits per heavy atom. The van der Waals surface area contributed by atoms with E-state index >= 15 is 0 Å². The maximum Gasteiger partial charge on any atom is 0.248 e. The summed E-state index contributed by atoms with van der Waals surface area (Å²) in [5.74, 6) is 0.435. The number of hydrogen-bond acceptors (Lipinski definition) is 4. The van der Waals surface area contributed by atoms with Crippen LogP contribution in [0.2, 0.25) is 0 Å². The van der Waals surface area contributed by atoms with Crippen LogP contribution in [0.15, 0.2) is 29.2 Å². The highest BCUT2D eigenvalue weighted by atomic mass is 32.2. The zero-order chi connectivity index (χ0) is 16.2. The van der Waals surface area contributed by atoms with Crippen molar-refractivity contribution in [1.82, 2.24) is 4.31 Å². The van der Waals surface area contributed by atoms with Gasteiger partial charge in [-0.1, -0.05) is 13.3 Å². The molecule has 0 spiro atoms. The fraction of sp³-hybridized carbons (Fsp3) is 0.533. The Hall–Kier alpha value is -1.05. The van der Waals surface area contributed by atoms with Gasteiger partial charge >= 0.3 is 0 Å². The quantitative estimate of drug-likeness (QED) is 0.888. The van der Waals surface area contributed by atoms with Crippen LogP contribution in [-0.4, -0.2) is 42.7 Å². The molecule has 0 bridgehead atoms. The standard InChI is InChI=1S/C15H22N2O3S2/c1-2-21-13-5-3-4-10-17(11-13)22(19,20)14-8-6-12(7-9-14)15(16)18/h6-9,13H,2-5,10-11H2,1H3,(H2,16,18)/t13-/m1/s1. The second kappa shape index (κ2) is 7.48. The number of sulfonamides is 1. The maximum atomic E-state index is 12.8. The molecule has 1 saturated heterocycles. The van der Waals surface area contributed by atoms with Gasteiger partial charge in [0.2, 0.25) is 15.9 Å². The largest absolute Gasteiger partial charge is 0.366 e. The van der Waals surface area contributed by atoms with Crippen molar-refractivity contribution in [1.29, 1.82) is 0 Å². The third-order valence-electron chi connectivity index (χ3n) is 3.77. The van der Waals surface area contributed by atoms with E-state index in [1.807, 2.05) is 11.8 Å². The van der Waals surface area contributed by atoms with Crippen LogP contribution in [0.4, 0.5) is 0 Å². The Morgan fingerprint density at radius 2 is 2.00 bits per heavy atom. The Morgan fingerprint density at radius 3 is 2.59 bits per heavy atom. The van der Waals surface area contributed by atoms with Crippen molar-refractivity contribution < 1.29 is 13.2 Å². The van der Waals surface area contributed by atoms with Gasteiger partial charge in [-0.2, -0.15) is 16.1 Å². The summed E-state index contributed by atoms with van der Waals surface area (Å²) >= 11 is 1.82. The minimum atomic E-state index is -3.51. The Bertz CT molecular complexity index is 614. The van der Waals surface area contributed by atoms with Crippen LogP contribution in [-0.2, 0) is 10.0 Å². The lowest BCUT2D eigenvalue weighted by atomic mass is 10.2. The minimum Gasteiger partial charge on any atom is -0.366 e. The van der Waals surface area contributed by atoms with Gasteiger partial charge in [0.15, 0.2) is 0 Å². The van der Waals surface area contributed by atoms with Crippen molar-refractivity contribution in [2.75, 3.05) is 18.8 Å². The predicted molar refractivity (Wildman–Crippen MR) is 89.5 cm³/mol. The molecule has 2 rings (SSSR count). The number of rotatable bonds is 5. The molecular formula is C15H22N2O3S2. The normalized spacial score (nSPS) is 20.5. The zero-order valence-electron chi connectivity index (χ0n) is 12.7. The van der Waals surface area contributed by atoms with Crippen LogP contribution in [0.1, 0.15) is 36.5 Å². The van der Waals surface area contributed by atoms with Crippen LogP contribution in [0.3, 0.4) is 0 Å². The summed E-state index contributed by atoms with van der Waals surface area (Å²) in [6, 6.07) is 5.85. The fourth-order valence-electron chi connectivity index (χ4n) is 2.60. The Balaban J connectivity index is 2.22. The first kappa shape index (κ1) is 17.3. The van der Waals surface area contributed by atoms with E-state index in [0.29, 0.717) is 23.9 Å². The molecular weight excluding hydrogens is 320 g/mol. The molecule has 22 heavy (non-hydrogen) atoms. The van der Waals surface area contributed by atoms with Gasteiger partial charge in [0.05, 0.1) is 4.90 Å². The van der Waals surface area contributed by atoms with Gasteiger partial charge in [-0.25, -0.2) is 8.42 Å². The molecule has 1 atom stereocenters. The topological polar surface area (TPSA) is 80.5 Å². The summed E-state index contributed by atoms with van der Waals surface area (Å²) in [4.78, 5) is 11.3. The van der Waals surface area contributed by atoms with Gasteiger partial charge < -0.3 is 5.73 Å². The van der Waals surface area contributed by atoms with Crippen LogP contribution < -0.4 is 5.73 Å². The average molecular weight is 342 g/mol. The van der Waals surface area contributed by atoms with Gasteiger partial charge in [0.25, 0.3) is 0 Å². The molecule has 2 N–H and O–H groups in total. The maximum absolute atomic E-state index is 12.8. The van der Waals surface area contributed by atoms with E-state index in [2.05, 4.69) is 6.92 Å². The summed E-state index contributed by atoms with van der Waals surface area (Å²) in [5, 5.41) is 0.354. The first-order chi connectivity index (χ1) is 10.4. The molecule has 1 aromatic carbocycles. The molecule has 1 fully saturated rings. The molecule has 122 valence electrons. The van der Waals surface area contributed by atoms with E-state index in [1.165, 1.54) is 24.3 Å². The van der Waals surface area contributed by atoms with Crippen LogP contribution in [0, 0.1) is 0 Å². The number of carbonyl (C=O) groups is 1. The highest BCUT2D eigenvalue weighted by Crippen LogP contribution is 2.26. The van der Waals surface area contributed by atoms with Crippen LogP contribution in [0.25, 0.3) is 0 Å². The third-order valence-corrected chi connectivity index (χ3v) is 6.84. The summed E-state index contributed by atoms with van der Waals surface area (Å²) in [5.41, 5.74) is 5.50. The molecule has 0 radical (unpaired) electrons. The lowest BCUT2D eigenvalue weighted by Crippen LogP contribution is -2.35. The second-order valence-corrected chi connectivity index (χ2v) is 8.84. The van der Waals surface area contributed by atoms with E-state index in [-0.39, 0.29) is 4.90 Å². The van der Waals surface area contributed by atoms with Gasteiger partial charge in [-0.05, 0) is 42.9 Å². The Labute approximate surface area is 136 Å². The SMILES string of the molecule is CCS[C@@H]1CCCCN(S(=O)(=O)c2ccc(C(N)=O)cc2)C1. The van der Waals surface area contributed by atoms with E-state index in [1.54, 1.807) is 4.31 Å². The van der Waals surface area contributed by atoms with E-state index in [9.17, 15) is 13.2 Å². The monoisotopic (exact) mass is 342 g/mol. The van der Waals surface area contributed by atoms with Crippen LogP contribution >= 0.6 is 11.8 Å². The number of primary amides is 1. The van der Waals surface area contributed by atoms with Gasteiger partial charge in [-0.3, -0.25) is 4.79 Å². The molecule has 1 aromatic rings. The number of amides is 1. The lowest BCUT2D eigenvalue weighted by Gasteiger charge is -2.23. The van der Waals surface area contributed by atoms with E-state index in [4.69, 9.17) is 5.73 Å².